The molecule has 4 rings (SSSR count). The Kier molecular flexibility index (Phi) is 5.39. The number of anilines is 2. The van der Waals surface area contributed by atoms with Crippen molar-refractivity contribution in [3.8, 4) is 5.75 Å². The molecule has 0 saturated heterocycles. The van der Waals surface area contributed by atoms with Gasteiger partial charge in [0.15, 0.2) is 0 Å². The zero-order valence-electron chi connectivity index (χ0n) is 15.8. The molecule has 0 saturated carbocycles. The van der Waals surface area contributed by atoms with Crippen molar-refractivity contribution in [3.63, 3.8) is 0 Å². The fourth-order valence-electron chi connectivity index (χ4n) is 2.99. The van der Waals surface area contributed by atoms with Crippen molar-refractivity contribution in [1.82, 2.24) is 4.98 Å². The first-order valence-electron chi connectivity index (χ1n) is 9.11. The summed E-state index contributed by atoms with van der Waals surface area (Å²) in [5.41, 5.74) is 3.11. The van der Waals surface area contributed by atoms with Crippen molar-refractivity contribution in [2.75, 3.05) is 16.8 Å². The molecule has 0 radical (unpaired) electrons. The SMILES string of the molecule is Cc1nc(COc2ccc(/C=C/C(=O)N3CC(=O)Nc4ccccc43)cc2)cs1. The molecule has 0 atom stereocenters. The van der Waals surface area contributed by atoms with Gasteiger partial charge < -0.3 is 10.1 Å². The zero-order valence-corrected chi connectivity index (χ0v) is 16.6. The first-order chi connectivity index (χ1) is 14.1. The number of para-hydroxylation sites is 2. The summed E-state index contributed by atoms with van der Waals surface area (Å²) in [4.78, 5) is 30.3. The summed E-state index contributed by atoms with van der Waals surface area (Å²) < 4.78 is 5.73. The van der Waals surface area contributed by atoms with E-state index in [0.29, 0.717) is 18.0 Å². The predicted octanol–water partition coefficient (Wildman–Crippen LogP) is 4.03. The summed E-state index contributed by atoms with van der Waals surface area (Å²) in [7, 11) is 0. The Bertz CT molecular complexity index is 1070. The van der Waals surface area contributed by atoms with Gasteiger partial charge in [-0.05, 0) is 42.8 Å². The number of hydrogen-bond acceptors (Lipinski definition) is 5. The standard InChI is InChI=1S/C22H19N3O3S/c1-15-23-17(14-29-15)13-28-18-9-6-16(7-10-18)8-11-22(27)25-12-21(26)24-19-4-2-3-5-20(19)25/h2-11,14H,12-13H2,1H3,(H,24,26)/b11-8+. The average Bonchev–Trinajstić information content (AvgIpc) is 3.15. The molecule has 7 heteroatoms. The molecule has 2 amide bonds. The van der Waals surface area contributed by atoms with Crippen molar-refractivity contribution in [1.29, 1.82) is 0 Å². The van der Waals surface area contributed by atoms with Crippen LogP contribution >= 0.6 is 11.3 Å². The molecule has 6 nitrogen and oxygen atoms in total. The molecular formula is C22H19N3O3S. The molecule has 29 heavy (non-hydrogen) atoms. The molecule has 0 fully saturated rings. The highest BCUT2D eigenvalue weighted by Crippen LogP contribution is 2.29. The van der Waals surface area contributed by atoms with Gasteiger partial charge in [0.2, 0.25) is 5.91 Å². The number of ether oxygens (including phenoxy) is 1. The Labute approximate surface area is 172 Å². The van der Waals surface area contributed by atoms with Crippen molar-refractivity contribution in [2.45, 2.75) is 13.5 Å². The van der Waals surface area contributed by atoms with Gasteiger partial charge in [-0.2, -0.15) is 0 Å². The number of carbonyl (C=O) groups is 2. The highest BCUT2D eigenvalue weighted by Gasteiger charge is 2.25. The monoisotopic (exact) mass is 405 g/mol. The van der Waals surface area contributed by atoms with Crippen LogP contribution in [0.5, 0.6) is 5.75 Å². The lowest BCUT2D eigenvalue weighted by Crippen LogP contribution is -2.41. The Balaban J connectivity index is 1.40. The fraction of sp³-hybridized carbons (Fsp3) is 0.136. The van der Waals surface area contributed by atoms with E-state index in [2.05, 4.69) is 10.3 Å². The van der Waals surface area contributed by atoms with Crippen LogP contribution in [0, 0.1) is 6.92 Å². The zero-order chi connectivity index (χ0) is 20.2. The van der Waals surface area contributed by atoms with Gasteiger partial charge in [0.1, 0.15) is 18.9 Å². The smallest absolute Gasteiger partial charge is 0.251 e. The molecule has 0 bridgehead atoms. The largest absolute Gasteiger partial charge is 0.487 e. The minimum Gasteiger partial charge on any atom is -0.487 e. The molecular weight excluding hydrogens is 386 g/mol. The number of fused-ring (bicyclic) bond motifs is 1. The third kappa shape index (κ3) is 4.52. The topological polar surface area (TPSA) is 71.5 Å². The van der Waals surface area contributed by atoms with Crippen LogP contribution in [0.3, 0.4) is 0 Å². The molecule has 1 N–H and O–H groups in total. The third-order valence-electron chi connectivity index (χ3n) is 4.39. The summed E-state index contributed by atoms with van der Waals surface area (Å²) >= 11 is 1.60. The van der Waals surface area contributed by atoms with Gasteiger partial charge in [-0.15, -0.1) is 11.3 Å². The summed E-state index contributed by atoms with van der Waals surface area (Å²) in [6.45, 7) is 2.39. The molecule has 146 valence electrons. The fourth-order valence-corrected chi connectivity index (χ4v) is 3.59. The number of nitrogens with one attached hydrogen (secondary N) is 1. The minimum absolute atomic E-state index is 0.00303. The molecule has 0 unspecified atom stereocenters. The second kappa shape index (κ2) is 8.28. The van der Waals surface area contributed by atoms with Gasteiger partial charge in [-0.25, -0.2) is 4.98 Å². The van der Waals surface area contributed by atoms with Crippen molar-refractivity contribution in [2.24, 2.45) is 0 Å². The van der Waals surface area contributed by atoms with Crippen molar-refractivity contribution >= 4 is 40.6 Å². The van der Waals surface area contributed by atoms with E-state index in [-0.39, 0.29) is 18.4 Å². The van der Waals surface area contributed by atoms with E-state index < -0.39 is 0 Å². The van der Waals surface area contributed by atoms with Crippen LogP contribution in [0.2, 0.25) is 0 Å². The second-order valence-electron chi connectivity index (χ2n) is 6.54. The lowest BCUT2D eigenvalue weighted by Gasteiger charge is -2.28. The maximum atomic E-state index is 12.6. The Hall–Kier alpha value is -3.45. The van der Waals surface area contributed by atoms with E-state index in [4.69, 9.17) is 4.74 Å². The molecule has 0 spiro atoms. The van der Waals surface area contributed by atoms with E-state index in [9.17, 15) is 9.59 Å². The van der Waals surface area contributed by atoms with Crippen LogP contribution in [0.15, 0.2) is 60.0 Å². The number of carbonyl (C=O) groups excluding carboxylic acids is 2. The molecule has 2 heterocycles. The van der Waals surface area contributed by atoms with E-state index in [1.54, 1.807) is 23.5 Å². The quantitative estimate of drug-likeness (QED) is 0.651. The number of benzene rings is 2. The van der Waals surface area contributed by atoms with Crippen molar-refractivity contribution < 1.29 is 14.3 Å². The first kappa shape index (κ1) is 18.9. The molecule has 1 aliphatic rings. The van der Waals surface area contributed by atoms with Crippen LogP contribution < -0.4 is 15.0 Å². The summed E-state index contributed by atoms with van der Waals surface area (Å²) in [6.07, 6.45) is 3.20. The Morgan fingerprint density at radius 1 is 1.24 bits per heavy atom. The number of aromatic nitrogens is 1. The second-order valence-corrected chi connectivity index (χ2v) is 7.60. The number of rotatable bonds is 5. The van der Waals surface area contributed by atoms with Crippen LogP contribution in [0.4, 0.5) is 11.4 Å². The Morgan fingerprint density at radius 3 is 2.79 bits per heavy atom. The predicted molar refractivity (Wildman–Crippen MR) is 114 cm³/mol. The number of amides is 2. The molecule has 0 aliphatic carbocycles. The minimum atomic E-state index is -0.244. The summed E-state index contributed by atoms with van der Waals surface area (Å²) in [5, 5.41) is 5.77. The van der Waals surface area contributed by atoms with Gasteiger partial charge >= 0.3 is 0 Å². The molecule has 2 aromatic carbocycles. The molecule has 1 aliphatic heterocycles. The average molecular weight is 405 g/mol. The molecule has 1 aromatic heterocycles. The lowest BCUT2D eigenvalue weighted by molar-refractivity contribution is -0.119. The molecule has 3 aromatic rings. The van der Waals surface area contributed by atoms with Gasteiger partial charge in [0.25, 0.3) is 5.91 Å². The van der Waals surface area contributed by atoms with E-state index in [0.717, 1.165) is 22.0 Å². The van der Waals surface area contributed by atoms with Crippen molar-refractivity contribution in [3.05, 3.63) is 76.3 Å². The maximum absolute atomic E-state index is 12.6. The van der Waals surface area contributed by atoms with Gasteiger partial charge in [0.05, 0.1) is 22.1 Å². The van der Waals surface area contributed by atoms with Gasteiger partial charge in [-0.3, -0.25) is 14.5 Å². The Morgan fingerprint density at radius 2 is 2.03 bits per heavy atom. The highest BCUT2D eigenvalue weighted by molar-refractivity contribution is 7.09. The lowest BCUT2D eigenvalue weighted by atomic mass is 10.1. The normalized spacial score (nSPS) is 13.3. The first-order valence-corrected chi connectivity index (χ1v) is 9.99. The summed E-state index contributed by atoms with van der Waals surface area (Å²) in [6, 6.07) is 14.7. The summed E-state index contributed by atoms with van der Waals surface area (Å²) in [5.74, 6) is 0.287. The number of hydrogen-bond donors (Lipinski definition) is 1. The third-order valence-corrected chi connectivity index (χ3v) is 5.21. The van der Waals surface area contributed by atoms with Crippen LogP contribution in [0.1, 0.15) is 16.3 Å². The van der Waals surface area contributed by atoms with Crippen LogP contribution in [0.25, 0.3) is 6.08 Å². The number of thiazole rings is 1. The van der Waals surface area contributed by atoms with Crippen LogP contribution in [-0.4, -0.2) is 23.3 Å². The van der Waals surface area contributed by atoms with Gasteiger partial charge in [0, 0.05) is 11.5 Å². The van der Waals surface area contributed by atoms with E-state index in [1.807, 2.05) is 54.8 Å². The van der Waals surface area contributed by atoms with Crippen LogP contribution in [-0.2, 0) is 16.2 Å². The van der Waals surface area contributed by atoms with E-state index >= 15 is 0 Å². The number of nitrogens with zero attached hydrogens (tertiary/aromatic N) is 2. The number of aryl methyl sites for hydroxylation is 1. The van der Waals surface area contributed by atoms with E-state index in [1.165, 1.54) is 11.0 Å². The highest BCUT2D eigenvalue weighted by atomic mass is 32.1. The van der Waals surface area contributed by atoms with Gasteiger partial charge in [-0.1, -0.05) is 24.3 Å². The maximum Gasteiger partial charge on any atom is 0.251 e.